The molecule has 0 spiro atoms. The minimum Gasteiger partial charge on any atom is -0.397 e. The second-order valence-electron chi connectivity index (χ2n) is 3.39. The van der Waals surface area contributed by atoms with Crippen LogP contribution in [0, 0.1) is 6.92 Å². The summed E-state index contributed by atoms with van der Waals surface area (Å²) < 4.78 is 0.773. The normalized spacial score (nSPS) is 17.8. The van der Waals surface area contributed by atoms with Crippen molar-refractivity contribution in [1.29, 1.82) is 0 Å². The van der Waals surface area contributed by atoms with Gasteiger partial charge >= 0.3 is 0 Å². The van der Waals surface area contributed by atoms with Gasteiger partial charge in [0, 0.05) is 4.88 Å². The molecule has 1 nitrogen and oxygen atoms in total. The van der Waals surface area contributed by atoms with Crippen LogP contribution in [-0.4, -0.2) is 0 Å². The number of hydrogen-bond acceptors (Lipinski definition) is 2. The molecule has 1 aromatic heterocycles. The average molecular weight is 202 g/mol. The lowest BCUT2D eigenvalue weighted by Crippen LogP contribution is -2.10. The molecule has 3 heteroatoms. The summed E-state index contributed by atoms with van der Waals surface area (Å²) in [5, 5.41) is 0. The van der Waals surface area contributed by atoms with Crippen molar-refractivity contribution < 1.29 is 0 Å². The van der Waals surface area contributed by atoms with Crippen molar-refractivity contribution >= 4 is 28.6 Å². The topological polar surface area (TPSA) is 26.0 Å². The molecular formula is C9H12ClNS. The first-order valence-electron chi connectivity index (χ1n) is 4.24. The Balaban J connectivity index is 2.40. The van der Waals surface area contributed by atoms with E-state index in [1.807, 2.05) is 0 Å². The van der Waals surface area contributed by atoms with Gasteiger partial charge in [-0.2, -0.15) is 0 Å². The molecule has 0 atom stereocenters. The fourth-order valence-electron chi connectivity index (χ4n) is 1.74. The molecule has 66 valence electrons. The maximum atomic E-state index is 5.95. The van der Waals surface area contributed by atoms with Gasteiger partial charge in [-0.05, 0) is 31.2 Å². The molecule has 1 fully saturated rings. The number of rotatable bonds is 1. The summed E-state index contributed by atoms with van der Waals surface area (Å²) in [6, 6.07) is 0. The first-order chi connectivity index (χ1) is 5.70. The predicted molar refractivity (Wildman–Crippen MR) is 55.1 cm³/mol. The number of thiophene rings is 1. The number of anilines is 1. The zero-order valence-electron chi connectivity index (χ0n) is 7.06. The Labute approximate surface area is 81.5 Å². The number of nitrogens with two attached hydrogens (primary N) is 1. The Kier molecular flexibility index (Phi) is 2.05. The van der Waals surface area contributed by atoms with E-state index in [0.29, 0.717) is 5.92 Å². The fraction of sp³-hybridized carbons (Fsp3) is 0.556. The van der Waals surface area contributed by atoms with E-state index in [4.69, 9.17) is 17.3 Å². The van der Waals surface area contributed by atoms with Crippen molar-refractivity contribution in [3.05, 3.63) is 14.8 Å². The highest BCUT2D eigenvalue weighted by atomic mass is 35.5. The molecule has 0 saturated heterocycles. The van der Waals surface area contributed by atoms with Crippen LogP contribution in [0.1, 0.15) is 35.6 Å². The van der Waals surface area contributed by atoms with E-state index in [1.165, 1.54) is 29.7 Å². The largest absolute Gasteiger partial charge is 0.397 e. The van der Waals surface area contributed by atoms with Gasteiger partial charge in [0.15, 0.2) is 0 Å². The number of aryl methyl sites for hydroxylation is 1. The Morgan fingerprint density at radius 3 is 2.50 bits per heavy atom. The maximum Gasteiger partial charge on any atom is 0.116 e. The van der Waals surface area contributed by atoms with Crippen molar-refractivity contribution in [3.63, 3.8) is 0 Å². The molecule has 1 heterocycles. The van der Waals surface area contributed by atoms with Gasteiger partial charge in [0.25, 0.3) is 0 Å². The van der Waals surface area contributed by atoms with Crippen LogP contribution >= 0.6 is 22.9 Å². The first-order valence-corrected chi connectivity index (χ1v) is 5.44. The highest BCUT2D eigenvalue weighted by Crippen LogP contribution is 2.46. The minimum atomic E-state index is 0.703. The molecule has 0 aliphatic heterocycles. The fourth-order valence-corrected chi connectivity index (χ4v) is 3.07. The molecule has 1 saturated carbocycles. The first kappa shape index (κ1) is 8.39. The summed E-state index contributed by atoms with van der Waals surface area (Å²) in [6.45, 7) is 2.11. The van der Waals surface area contributed by atoms with Crippen molar-refractivity contribution in [2.45, 2.75) is 32.1 Å². The monoisotopic (exact) mass is 201 g/mol. The van der Waals surface area contributed by atoms with Crippen LogP contribution in [-0.2, 0) is 0 Å². The maximum absolute atomic E-state index is 5.95. The molecule has 1 aliphatic rings. The molecule has 2 N–H and O–H groups in total. The van der Waals surface area contributed by atoms with E-state index in [1.54, 1.807) is 11.3 Å². The van der Waals surface area contributed by atoms with E-state index >= 15 is 0 Å². The van der Waals surface area contributed by atoms with Crippen LogP contribution in [0.3, 0.4) is 0 Å². The lowest BCUT2D eigenvalue weighted by Gasteiger charge is -2.26. The highest BCUT2D eigenvalue weighted by Gasteiger charge is 2.25. The Morgan fingerprint density at radius 2 is 2.17 bits per heavy atom. The third-order valence-electron chi connectivity index (χ3n) is 2.64. The quantitative estimate of drug-likeness (QED) is 0.739. The molecule has 0 amide bonds. The van der Waals surface area contributed by atoms with E-state index in [9.17, 15) is 0 Å². The molecule has 1 aliphatic carbocycles. The lowest BCUT2D eigenvalue weighted by molar-refractivity contribution is 0.420. The summed E-state index contributed by atoms with van der Waals surface area (Å²) in [4.78, 5) is 1.31. The summed E-state index contributed by atoms with van der Waals surface area (Å²) in [7, 11) is 0. The van der Waals surface area contributed by atoms with Crippen LogP contribution in [0.25, 0.3) is 0 Å². The molecule has 12 heavy (non-hydrogen) atoms. The Bertz CT molecular complexity index is 302. The van der Waals surface area contributed by atoms with Gasteiger partial charge in [-0.25, -0.2) is 0 Å². The third kappa shape index (κ3) is 1.14. The SMILES string of the molecule is Cc1sc(Cl)c(N)c1C1CCC1. The van der Waals surface area contributed by atoms with Crippen molar-refractivity contribution in [2.75, 3.05) is 5.73 Å². The molecule has 1 aromatic rings. The summed E-state index contributed by atoms with van der Waals surface area (Å²) in [5.41, 5.74) is 8.06. The summed E-state index contributed by atoms with van der Waals surface area (Å²) in [6.07, 6.45) is 3.92. The van der Waals surface area contributed by atoms with E-state index in [2.05, 4.69) is 6.92 Å². The van der Waals surface area contributed by atoms with Crippen LogP contribution in [0.15, 0.2) is 0 Å². The molecular weight excluding hydrogens is 190 g/mol. The second-order valence-corrected chi connectivity index (χ2v) is 5.21. The van der Waals surface area contributed by atoms with Crippen LogP contribution < -0.4 is 5.73 Å². The highest BCUT2D eigenvalue weighted by molar-refractivity contribution is 7.17. The van der Waals surface area contributed by atoms with Gasteiger partial charge in [-0.3, -0.25) is 0 Å². The van der Waals surface area contributed by atoms with Crippen molar-refractivity contribution in [1.82, 2.24) is 0 Å². The van der Waals surface area contributed by atoms with Crippen LogP contribution in [0.4, 0.5) is 5.69 Å². The summed E-state index contributed by atoms with van der Waals surface area (Å²) in [5.74, 6) is 0.703. The van der Waals surface area contributed by atoms with Crippen LogP contribution in [0.2, 0.25) is 4.34 Å². The molecule has 0 bridgehead atoms. The smallest absolute Gasteiger partial charge is 0.116 e. The average Bonchev–Trinajstić information content (AvgIpc) is 2.13. The van der Waals surface area contributed by atoms with E-state index < -0.39 is 0 Å². The zero-order chi connectivity index (χ0) is 8.72. The van der Waals surface area contributed by atoms with Gasteiger partial charge < -0.3 is 5.73 Å². The van der Waals surface area contributed by atoms with Gasteiger partial charge in [0.2, 0.25) is 0 Å². The van der Waals surface area contributed by atoms with Crippen LogP contribution in [0.5, 0.6) is 0 Å². The molecule has 0 unspecified atom stereocenters. The standard InChI is InChI=1S/C9H12ClNS/c1-5-7(6-3-2-4-6)8(11)9(10)12-5/h6H,2-4,11H2,1H3. The van der Waals surface area contributed by atoms with E-state index in [0.717, 1.165) is 10.0 Å². The molecule has 0 aromatic carbocycles. The summed E-state index contributed by atoms with van der Waals surface area (Å²) >= 11 is 7.57. The van der Waals surface area contributed by atoms with Gasteiger partial charge in [0.1, 0.15) is 4.34 Å². The number of halogens is 1. The van der Waals surface area contributed by atoms with Gasteiger partial charge in [-0.15, -0.1) is 11.3 Å². The lowest BCUT2D eigenvalue weighted by atomic mass is 9.80. The van der Waals surface area contributed by atoms with Gasteiger partial charge in [-0.1, -0.05) is 18.0 Å². The van der Waals surface area contributed by atoms with Crippen molar-refractivity contribution in [3.8, 4) is 0 Å². The predicted octanol–water partition coefficient (Wildman–Crippen LogP) is 3.56. The zero-order valence-corrected chi connectivity index (χ0v) is 8.63. The molecule has 2 rings (SSSR count). The second kappa shape index (κ2) is 2.93. The van der Waals surface area contributed by atoms with Crippen molar-refractivity contribution in [2.24, 2.45) is 0 Å². The van der Waals surface area contributed by atoms with E-state index in [-0.39, 0.29) is 0 Å². The molecule has 0 radical (unpaired) electrons. The number of nitrogen functional groups attached to an aromatic ring is 1. The minimum absolute atomic E-state index is 0.703. The Hall–Kier alpha value is -0.210. The Morgan fingerprint density at radius 1 is 1.50 bits per heavy atom. The number of hydrogen-bond donors (Lipinski definition) is 1. The van der Waals surface area contributed by atoms with Gasteiger partial charge in [0.05, 0.1) is 5.69 Å². The third-order valence-corrected chi connectivity index (χ3v) is 4.00.